The molecule has 0 saturated carbocycles. The number of aromatic nitrogens is 1. The molecule has 0 saturated heterocycles. The number of hydrogen-bond donors (Lipinski definition) is 1. The van der Waals surface area contributed by atoms with Gasteiger partial charge >= 0.3 is 0 Å². The fraction of sp³-hybridized carbons (Fsp3) is 0.105. The molecule has 5 nitrogen and oxygen atoms in total. The molecule has 1 amide bonds. The molecule has 0 unspecified atom stereocenters. The van der Waals surface area contributed by atoms with Crippen LogP contribution >= 0.6 is 0 Å². The molecule has 0 aliphatic rings. The van der Waals surface area contributed by atoms with E-state index < -0.39 is 0 Å². The Labute approximate surface area is 139 Å². The third kappa shape index (κ3) is 3.03. The standard InChI is InChI=1S/C19H15N3O2/c1-2-12-22-16-11-7-6-10-15(16)18(19(22)24)21-20-17(23)13-14-8-4-3-5-9-14/h1,3-11,24H,12-13H2. The Kier molecular flexibility index (Phi) is 4.39. The molecule has 0 spiro atoms. The van der Waals surface area contributed by atoms with Crippen molar-refractivity contribution in [1.82, 2.24) is 4.57 Å². The topological polar surface area (TPSA) is 66.9 Å². The number of amides is 1. The fourth-order valence-electron chi connectivity index (χ4n) is 2.53. The molecule has 2 aromatic carbocycles. The number of aromatic hydroxyl groups is 1. The van der Waals surface area contributed by atoms with E-state index in [-0.39, 0.29) is 30.4 Å². The predicted molar refractivity (Wildman–Crippen MR) is 92.1 cm³/mol. The van der Waals surface area contributed by atoms with Crippen LogP contribution in [0, 0.1) is 12.3 Å². The van der Waals surface area contributed by atoms with Gasteiger partial charge in [0.05, 0.1) is 18.5 Å². The summed E-state index contributed by atoms with van der Waals surface area (Å²) >= 11 is 0. The van der Waals surface area contributed by atoms with E-state index in [0.717, 1.165) is 11.1 Å². The highest BCUT2D eigenvalue weighted by Crippen LogP contribution is 2.38. The van der Waals surface area contributed by atoms with E-state index in [4.69, 9.17) is 6.42 Å². The van der Waals surface area contributed by atoms with Gasteiger partial charge in [0.2, 0.25) is 5.88 Å². The summed E-state index contributed by atoms with van der Waals surface area (Å²) in [5.41, 5.74) is 1.86. The number of fused-ring (bicyclic) bond motifs is 1. The van der Waals surface area contributed by atoms with Crippen LogP contribution in [-0.4, -0.2) is 15.6 Å². The molecule has 0 fully saturated rings. The number of carbonyl (C=O) groups is 1. The number of para-hydroxylation sites is 1. The van der Waals surface area contributed by atoms with Crippen LogP contribution in [0.4, 0.5) is 5.69 Å². The van der Waals surface area contributed by atoms with Gasteiger partial charge in [-0.2, -0.15) is 0 Å². The highest BCUT2D eigenvalue weighted by Gasteiger charge is 2.16. The summed E-state index contributed by atoms with van der Waals surface area (Å²) < 4.78 is 1.56. The highest BCUT2D eigenvalue weighted by atomic mass is 16.3. The summed E-state index contributed by atoms with van der Waals surface area (Å²) in [7, 11) is 0. The summed E-state index contributed by atoms with van der Waals surface area (Å²) in [5.74, 6) is 2.02. The smallest absolute Gasteiger partial charge is 0.269 e. The molecule has 0 atom stereocenters. The number of benzene rings is 2. The number of rotatable bonds is 4. The maximum Gasteiger partial charge on any atom is 0.269 e. The molecule has 3 rings (SSSR count). The van der Waals surface area contributed by atoms with Crippen LogP contribution in [0.1, 0.15) is 5.56 Å². The van der Waals surface area contributed by atoms with Gasteiger partial charge in [0, 0.05) is 5.39 Å². The third-order valence-corrected chi connectivity index (χ3v) is 3.63. The second-order valence-electron chi connectivity index (χ2n) is 5.24. The van der Waals surface area contributed by atoms with Crippen molar-refractivity contribution < 1.29 is 9.90 Å². The lowest BCUT2D eigenvalue weighted by atomic mass is 10.1. The normalized spacial score (nSPS) is 11.0. The minimum absolute atomic E-state index is 0.0922. The molecule has 5 heteroatoms. The lowest BCUT2D eigenvalue weighted by Crippen LogP contribution is -1.97. The molecule has 24 heavy (non-hydrogen) atoms. The van der Waals surface area contributed by atoms with E-state index in [1.807, 2.05) is 48.5 Å². The zero-order chi connectivity index (χ0) is 16.9. The van der Waals surface area contributed by atoms with Gasteiger partial charge in [-0.05, 0) is 11.6 Å². The Morgan fingerprint density at radius 3 is 2.58 bits per heavy atom. The second-order valence-corrected chi connectivity index (χ2v) is 5.24. The second kappa shape index (κ2) is 6.80. The maximum absolute atomic E-state index is 12.0. The van der Waals surface area contributed by atoms with Gasteiger partial charge in [-0.15, -0.1) is 16.7 Å². The fourth-order valence-corrected chi connectivity index (χ4v) is 2.53. The van der Waals surface area contributed by atoms with Crippen molar-refractivity contribution in [3.8, 4) is 18.2 Å². The first-order valence-corrected chi connectivity index (χ1v) is 7.43. The van der Waals surface area contributed by atoms with Gasteiger partial charge in [0.25, 0.3) is 5.91 Å². The van der Waals surface area contributed by atoms with Crippen molar-refractivity contribution in [2.24, 2.45) is 10.2 Å². The van der Waals surface area contributed by atoms with Crippen LogP contribution in [0.25, 0.3) is 10.9 Å². The van der Waals surface area contributed by atoms with Crippen molar-refractivity contribution >= 4 is 22.5 Å². The Balaban J connectivity index is 1.91. The quantitative estimate of drug-likeness (QED) is 0.587. The molecule has 118 valence electrons. The summed E-state index contributed by atoms with van der Waals surface area (Å²) in [6.07, 6.45) is 5.51. The third-order valence-electron chi connectivity index (χ3n) is 3.63. The predicted octanol–water partition coefficient (Wildman–Crippen LogP) is 3.83. The largest absolute Gasteiger partial charge is 0.493 e. The first kappa shape index (κ1) is 15.5. The molecule has 0 aliphatic carbocycles. The van der Waals surface area contributed by atoms with E-state index in [1.165, 1.54) is 0 Å². The Morgan fingerprint density at radius 1 is 1.12 bits per heavy atom. The van der Waals surface area contributed by atoms with Crippen LogP contribution in [0.2, 0.25) is 0 Å². The van der Waals surface area contributed by atoms with E-state index in [0.29, 0.717) is 5.39 Å². The summed E-state index contributed by atoms with van der Waals surface area (Å²) in [6.45, 7) is 0.208. The molecule has 0 radical (unpaired) electrons. The van der Waals surface area contributed by atoms with E-state index in [2.05, 4.69) is 16.1 Å². The number of hydrogen-bond acceptors (Lipinski definition) is 3. The van der Waals surface area contributed by atoms with Gasteiger partial charge in [-0.25, -0.2) is 0 Å². The van der Waals surface area contributed by atoms with E-state index >= 15 is 0 Å². The molecule has 0 bridgehead atoms. The monoisotopic (exact) mass is 317 g/mol. The van der Waals surface area contributed by atoms with Crippen LogP contribution in [0.3, 0.4) is 0 Å². The van der Waals surface area contributed by atoms with E-state index in [9.17, 15) is 9.90 Å². The van der Waals surface area contributed by atoms with Crippen molar-refractivity contribution in [2.45, 2.75) is 13.0 Å². The SMILES string of the molecule is C#CCn1c(O)c(N=NC(=O)Cc2ccccc2)c2ccccc21. The molecule has 1 N–H and O–H groups in total. The summed E-state index contributed by atoms with van der Waals surface area (Å²) in [5, 5.41) is 18.7. The molecular formula is C19H15N3O2. The minimum Gasteiger partial charge on any atom is -0.493 e. The number of terminal acetylenes is 1. The summed E-state index contributed by atoms with van der Waals surface area (Å²) in [4.78, 5) is 12.0. The van der Waals surface area contributed by atoms with E-state index in [1.54, 1.807) is 10.6 Å². The van der Waals surface area contributed by atoms with Gasteiger partial charge in [0.1, 0.15) is 0 Å². The van der Waals surface area contributed by atoms with Gasteiger partial charge in [-0.3, -0.25) is 9.36 Å². The van der Waals surface area contributed by atoms with Crippen molar-refractivity contribution in [2.75, 3.05) is 0 Å². The zero-order valence-electron chi connectivity index (χ0n) is 12.9. The molecule has 3 aromatic rings. The molecule has 0 aliphatic heterocycles. The lowest BCUT2D eigenvalue weighted by molar-refractivity contribution is -0.117. The Hall–Kier alpha value is -3.39. The molecule has 1 aromatic heterocycles. The number of carbonyl (C=O) groups excluding carboxylic acids is 1. The van der Waals surface area contributed by atoms with Crippen LogP contribution in [-0.2, 0) is 17.8 Å². The summed E-state index contributed by atoms with van der Waals surface area (Å²) in [6, 6.07) is 16.6. The van der Waals surface area contributed by atoms with Crippen LogP contribution in [0.5, 0.6) is 5.88 Å². The average molecular weight is 317 g/mol. The number of azo groups is 1. The van der Waals surface area contributed by atoms with Crippen molar-refractivity contribution in [1.29, 1.82) is 0 Å². The average Bonchev–Trinajstić information content (AvgIpc) is 2.86. The van der Waals surface area contributed by atoms with Crippen LogP contribution < -0.4 is 0 Å². The van der Waals surface area contributed by atoms with Gasteiger partial charge in [-0.1, -0.05) is 54.5 Å². The van der Waals surface area contributed by atoms with Crippen molar-refractivity contribution in [3.05, 3.63) is 60.2 Å². The number of nitrogens with zero attached hydrogens (tertiary/aromatic N) is 3. The molecular weight excluding hydrogens is 302 g/mol. The first-order valence-electron chi connectivity index (χ1n) is 7.43. The van der Waals surface area contributed by atoms with Gasteiger partial charge < -0.3 is 5.11 Å². The van der Waals surface area contributed by atoms with Gasteiger partial charge in [0.15, 0.2) is 5.69 Å². The zero-order valence-corrected chi connectivity index (χ0v) is 12.9. The highest BCUT2D eigenvalue weighted by molar-refractivity contribution is 5.95. The lowest BCUT2D eigenvalue weighted by Gasteiger charge is -2.00. The van der Waals surface area contributed by atoms with Crippen molar-refractivity contribution in [3.63, 3.8) is 0 Å². The first-order chi connectivity index (χ1) is 11.7. The minimum atomic E-state index is -0.380. The molecule has 1 heterocycles. The Morgan fingerprint density at radius 2 is 1.83 bits per heavy atom. The maximum atomic E-state index is 12.0. The van der Waals surface area contributed by atoms with Crippen LogP contribution in [0.15, 0.2) is 64.8 Å². The Bertz CT molecular complexity index is 950.